The monoisotopic (exact) mass is 280 g/mol. The van der Waals surface area contributed by atoms with Crippen molar-refractivity contribution in [2.75, 3.05) is 12.8 Å². The van der Waals surface area contributed by atoms with Crippen LogP contribution >= 0.6 is 0 Å². The molecule has 6 nitrogen and oxygen atoms in total. The molecule has 0 saturated carbocycles. The Hall–Kier alpha value is -2.76. The highest BCUT2D eigenvalue weighted by atomic mass is 15.0. The summed E-state index contributed by atoms with van der Waals surface area (Å²) in [5.74, 6) is 0.254. The largest absolute Gasteiger partial charge is 0.368 e. The standard InChI is InChI=1S/C15H16N6/c1-17-13(6-5-10-4-2-3-7-18-10)11-8-19-14-12(11)9-20-15(16)21-14/h3,5-9H,2,4H2,1H3,(H3,16,19,20,21)/b6-5-,17-13?. The van der Waals surface area contributed by atoms with Crippen LogP contribution in [0.15, 0.2) is 46.8 Å². The molecule has 3 rings (SSSR count). The molecule has 0 atom stereocenters. The molecule has 0 radical (unpaired) electrons. The van der Waals surface area contributed by atoms with Crippen LogP contribution in [0.25, 0.3) is 11.0 Å². The molecule has 106 valence electrons. The SMILES string of the molecule is CN=C(/C=C\C1=NC=CCC1)c1c[nH]c2nc(N)ncc12. The van der Waals surface area contributed by atoms with Gasteiger partial charge in [-0.15, -0.1) is 0 Å². The Morgan fingerprint density at radius 3 is 3.14 bits per heavy atom. The predicted octanol–water partition coefficient (Wildman–Crippen LogP) is 2.26. The predicted molar refractivity (Wildman–Crippen MR) is 85.7 cm³/mol. The van der Waals surface area contributed by atoms with Crippen molar-refractivity contribution in [3.05, 3.63) is 42.4 Å². The molecule has 21 heavy (non-hydrogen) atoms. The average molecular weight is 280 g/mol. The van der Waals surface area contributed by atoms with E-state index in [1.54, 1.807) is 13.2 Å². The van der Waals surface area contributed by atoms with Gasteiger partial charge in [0.25, 0.3) is 0 Å². The Kier molecular flexibility index (Phi) is 3.59. The van der Waals surface area contributed by atoms with Crippen LogP contribution in [0.2, 0.25) is 0 Å². The summed E-state index contributed by atoms with van der Waals surface area (Å²) in [7, 11) is 1.76. The van der Waals surface area contributed by atoms with Crippen LogP contribution in [0.4, 0.5) is 5.95 Å². The average Bonchev–Trinajstić information content (AvgIpc) is 2.92. The second-order valence-electron chi connectivity index (χ2n) is 4.68. The van der Waals surface area contributed by atoms with Crippen LogP contribution in [-0.2, 0) is 0 Å². The molecule has 0 unspecified atom stereocenters. The van der Waals surface area contributed by atoms with Crippen molar-refractivity contribution in [1.29, 1.82) is 0 Å². The summed E-state index contributed by atoms with van der Waals surface area (Å²) in [4.78, 5) is 20.0. The number of fused-ring (bicyclic) bond motifs is 1. The highest BCUT2D eigenvalue weighted by molar-refractivity contribution is 6.17. The van der Waals surface area contributed by atoms with Gasteiger partial charge in [0, 0.05) is 42.3 Å². The van der Waals surface area contributed by atoms with Crippen molar-refractivity contribution >= 4 is 28.4 Å². The maximum absolute atomic E-state index is 5.59. The molecule has 6 heteroatoms. The maximum atomic E-state index is 5.59. The Bertz CT molecular complexity index is 779. The Labute approximate surface area is 122 Å². The first-order valence-electron chi connectivity index (χ1n) is 6.74. The van der Waals surface area contributed by atoms with Crippen LogP contribution in [0.5, 0.6) is 0 Å². The first-order chi connectivity index (χ1) is 10.3. The number of nitrogens with zero attached hydrogens (tertiary/aromatic N) is 4. The number of H-pyrrole nitrogens is 1. The third kappa shape index (κ3) is 2.74. The summed E-state index contributed by atoms with van der Waals surface area (Å²) in [6.45, 7) is 0. The third-order valence-corrected chi connectivity index (χ3v) is 3.31. The van der Waals surface area contributed by atoms with Crippen molar-refractivity contribution in [2.24, 2.45) is 9.98 Å². The van der Waals surface area contributed by atoms with E-state index >= 15 is 0 Å². The summed E-state index contributed by atoms with van der Waals surface area (Å²) >= 11 is 0. The molecule has 2 aromatic rings. The van der Waals surface area contributed by atoms with E-state index in [1.807, 2.05) is 24.5 Å². The molecule has 0 amide bonds. The van der Waals surface area contributed by atoms with E-state index < -0.39 is 0 Å². The molecule has 0 spiro atoms. The minimum atomic E-state index is 0.254. The lowest BCUT2D eigenvalue weighted by Crippen LogP contribution is -2.00. The molecule has 0 fully saturated rings. The van der Waals surface area contributed by atoms with Crippen molar-refractivity contribution in [3.63, 3.8) is 0 Å². The van der Waals surface area contributed by atoms with Gasteiger partial charge >= 0.3 is 0 Å². The fraction of sp³-hybridized carbons (Fsp3) is 0.200. The second kappa shape index (κ2) is 5.70. The van der Waals surface area contributed by atoms with Gasteiger partial charge in [0.15, 0.2) is 0 Å². The van der Waals surface area contributed by atoms with E-state index in [-0.39, 0.29) is 5.95 Å². The zero-order valence-electron chi connectivity index (χ0n) is 11.7. The number of allylic oxidation sites excluding steroid dienone is 3. The topological polar surface area (TPSA) is 92.3 Å². The van der Waals surface area contributed by atoms with Crippen LogP contribution in [-0.4, -0.2) is 33.4 Å². The zero-order valence-corrected chi connectivity index (χ0v) is 11.7. The van der Waals surface area contributed by atoms with Crippen LogP contribution in [0.3, 0.4) is 0 Å². The normalized spacial score (nSPS) is 15.9. The molecule has 0 aromatic carbocycles. The molecule has 2 aromatic heterocycles. The highest BCUT2D eigenvalue weighted by Gasteiger charge is 2.09. The summed E-state index contributed by atoms with van der Waals surface area (Å²) in [5, 5.41) is 0.903. The van der Waals surface area contributed by atoms with Crippen molar-refractivity contribution in [3.8, 4) is 0 Å². The number of hydrogen-bond acceptors (Lipinski definition) is 5. The van der Waals surface area contributed by atoms with Gasteiger partial charge in [-0.3, -0.25) is 9.98 Å². The first kappa shape index (κ1) is 13.2. The fourth-order valence-electron chi connectivity index (χ4n) is 2.24. The molecule has 0 bridgehead atoms. The van der Waals surface area contributed by atoms with E-state index in [9.17, 15) is 0 Å². The van der Waals surface area contributed by atoms with E-state index in [2.05, 4.69) is 31.0 Å². The quantitative estimate of drug-likeness (QED) is 0.845. The van der Waals surface area contributed by atoms with Crippen LogP contribution < -0.4 is 5.73 Å². The van der Waals surface area contributed by atoms with Gasteiger partial charge in [-0.1, -0.05) is 6.08 Å². The maximum Gasteiger partial charge on any atom is 0.221 e. The zero-order chi connectivity index (χ0) is 14.7. The van der Waals surface area contributed by atoms with Crippen molar-refractivity contribution in [1.82, 2.24) is 15.0 Å². The lowest BCUT2D eigenvalue weighted by Gasteiger charge is -2.03. The molecule has 1 aliphatic rings. The van der Waals surface area contributed by atoms with Gasteiger partial charge in [-0.25, -0.2) is 4.98 Å². The minimum absolute atomic E-state index is 0.254. The minimum Gasteiger partial charge on any atom is -0.368 e. The summed E-state index contributed by atoms with van der Waals surface area (Å²) in [6.07, 6.45) is 13.4. The van der Waals surface area contributed by atoms with Gasteiger partial charge in [0.2, 0.25) is 5.95 Å². The number of nitrogens with two attached hydrogens (primary N) is 1. The second-order valence-corrected chi connectivity index (χ2v) is 4.68. The van der Waals surface area contributed by atoms with Gasteiger partial charge in [0.1, 0.15) is 5.65 Å². The Morgan fingerprint density at radius 1 is 1.48 bits per heavy atom. The number of nitrogens with one attached hydrogen (secondary N) is 1. The highest BCUT2D eigenvalue weighted by Crippen LogP contribution is 2.18. The number of hydrogen-bond donors (Lipinski definition) is 2. The van der Waals surface area contributed by atoms with Gasteiger partial charge in [-0.2, -0.15) is 4.98 Å². The molecule has 1 aliphatic heterocycles. The van der Waals surface area contributed by atoms with Gasteiger partial charge < -0.3 is 10.7 Å². The number of rotatable bonds is 3. The lowest BCUT2D eigenvalue weighted by atomic mass is 10.1. The molecular weight excluding hydrogens is 264 g/mol. The summed E-state index contributed by atoms with van der Waals surface area (Å²) in [6, 6.07) is 0. The molecule has 3 heterocycles. The lowest BCUT2D eigenvalue weighted by molar-refractivity contribution is 1.07. The van der Waals surface area contributed by atoms with Crippen molar-refractivity contribution < 1.29 is 0 Å². The van der Waals surface area contributed by atoms with E-state index in [4.69, 9.17) is 5.73 Å². The molecule has 3 N–H and O–H groups in total. The smallest absolute Gasteiger partial charge is 0.221 e. The number of anilines is 1. The molecule has 0 saturated heterocycles. The van der Waals surface area contributed by atoms with Crippen LogP contribution in [0, 0.1) is 0 Å². The van der Waals surface area contributed by atoms with Crippen molar-refractivity contribution in [2.45, 2.75) is 12.8 Å². The van der Waals surface area contributed by atoms with E-state index in [0.717, 1.165) is 35.2 Å². The fourth-order valence-corrected chi connectivity index (χ4v) is 2.24. The van der Waals surface area contributed by atoms with E-state index in [1.165, 1.54) is 0 Å². The number of aromatic amines is 1. The number of aliphatic imine (C=N–C) groups is 2. The summed E-state index contributed by atoms with van der Waals surface area (Å²) in [5.41, 5.74) is 9.16. The molecular formula is C15H16N6. The Balaban J connectivity index is 1.94. The van der Waals surface area contributed by atoms with Crippen LogP contribution in [0.1, 0.15) is 18.4 Å². The summed E-state index contributed by atoms with van der Waals surface area (Å²) < 4.78 is 0. The number of aromatic nitrogens is 3. The Morgan fingerprint density at radius 2 is 2.38 bits per heavy atom. The van der Waals surface area contributed by atoms with E-state index in [0.29, 0.717) is 5.65 Å². The third-order valence-electron chi connectivity index (χ3n) is 3.31. The van der Waals surface area contributed by atoms with Gasteiger partial charge in [0.05, 0.1) is 5.71 Å². The number of nitrogen functional groups attached to an aromatic ring is 1. The van der Waals surface area contributed by atoms with Gasteiger partial charge in [-0.05, 0) is 25.0 Å². The molecule has 0 aliphatic carbocycles. The first-order valence-corrected chi connectivity index (χ1v) is 6.74.